The van der Waals surface area contributed by atoms with Crippen molar-refractivity contribution >= 4 is 28.5 Å². The summed E-state index contributed by atoms with van der Waals surface area (Å²) in [5.74, 6) is 0.864. The van der Waals surface area contributed by atoms with E-state index in [2.05, 4.69) is 32.7 Å². The monoisotopic (exact) mass is 433 g/mol. The minimum atomic E-state index is -0.0740. The molecule has 0 aliphatic heterocycles. The Labute approximate surface area is 153 Å². The Balaban J connectivity index is 1.73. The summed E-state index contributed by atoms with van der Waals surface area (Å²) in [4.78, 5) is 18.5. The lowest BCUT2D eigenvalue weighted by Crippen LogP contribution is -2.27. The van der Waals surface area contributed by atoms with Crippen LogP contribution in [-0.4, -0.2) is 28.0 Å². The number of carbonyl (C=O) groups excluding carboxylic acids is 1. The lowest BCUT2D eigenvalue weighted by molar-refractivity contribution is 0.0768. The molecule has 0 aliphatic rings. The zero-order valence-corrected chi connectivity index (χ0v) is 15.5. The minimum Gasteiger partial charge on any atom is -0.337 e. The van der Waals surface area contributed by atoms with Gasteiger partial charge in [-0.1, -0.05) is 47.1 Å². The molecular weight excluding hydrogens is 417 g/mol. The van der Waals surface area contributed by atoms with Gasteiger partial charge in [0, 0.05) is 16.2 Å². The van der Waals surface area contributed by atoms with Gasteiger partial charge in [0.2, 0.25) is 11.7 Å². The third kappa shape index (κ3) is 3.64. The number of amides is 1. The number of aryl methyl sites for hydroxylation is 1. The summed E-state index contributed by atoms with van der Waals surface area (Å²) in [6.45, 7) is 2.29. The second kappa shape index (κ2) is 7.12. The number of rotatable bonds is 4. The van der Waals surface area contributed by atoms with Gasteiger partial charge in [0.15, 0.2) is 0 Å². The maximum absolute atomic E-state index is 12.5. The highest BCUT2D eigenvalue weighted by molar-refractivity contribution is 14.1. The van der Waals surface area contributed by atoms with Gasteiger partial charge in [-0.05, 0) is 41.6 Å². The molecule has 0 aliphatic carbocycles. The third-order valence-corrected chi connectivity index (χ3v) is 4.54. The first-order chi connectivity index (χ1) is 11.5. The Kier molecular flexibility index (Phi) is 4.94. The molecule has 0 radical (unpaired) electrons. The highest BCUT2D eigenvalue weighted by atomic mass is 127. The van der Waals surface area contributed by atoms with Crippen LogP contribution >= 0.6 is 22.6 Å². The van der Waals surface area contributed by atoms with E-state index in [1.54, 1.807) is 11.9 Å². The quantitative estimate of drug-likeness (QED) is 0.586. The predicted molar refractivity (Wildman–Crippen MR) is 99.4 cm³/mol. The smallest absolute Gasteiger partial charge is 0.255 e. The van der Waals surface area contributed by atoms with Gasteiger partial charge < -0.3 is 9.42 Å². The van der Waals surface area contributed by atoms with Crippen LogP contribution < -0.4 is 0 Å². The maximum atomic E-state index is 12.5. The van der Waals surface area contributed by atoms with Crippen molar-refractivity contribution in [3.8, 4) is 11.4 Å². The molecule has 3 rings (SSSR count). The Bertz CT molecular complexity index is 859. The normalized spacial score (nSPS) is 10.6. The Hall–Kier alpha value is -2.22. The van der Waals surface area contributed by atoms with Gasteiger partial charge >= 0.3 is 0 Å². The fraction of sp³-hybridized carbons (Fsp3) is 0.167. The number of carbonyl (C=O) groups is 1. The number of halogens is 1. The molecule has 1 amide bonds. The van der Waals surface area contributed by atoms with Crippen LogP contribution in [0.25, 0.3) is 11.4 Å². The Morgan fingerprint density at radius 3 is 2.58 bits per heavy atom. The largest absolute Gasteiger partial charge is 0.337 e. The van der Waals surface area contributed by atoms with Crippen LogP contribution in [0.2, 0.25) is 0 Å². The topological polar surface area (TPSA) is 59.2 Å². The van der Waals surface area contributed by atoms with Crippen LogP contribution in [0.4, 0.5) is 0 Å². The molecule has 0 spiro atoms. The lowest BCUT2D eigenvalue weighted by atomic mass is 10.1. The summed E-state index contributed by atoms with van der Waals surface area (Å²) >= 11 is 2.16. The van der Waals surface area contributed by atoms with E-state index in [9.17, 15) is 4.79 Å². The van der Waals surface area contributed by atoms with E-state index in [-0.39, 0.29) is 12.5 Å². The maximum Gasteiger partial charge on any atom is 0.255 e. The third-order valence-electron chi connectivity index (χ3n) is 3.60. The summed E-state index contributed by atoms with van der Waals surface area (Å²) in [5, 5.41) is 3.99. The first-order valence-electron chi connectivity index (χ1n) is 7.44. The number of nitrogens with zero attached hydrogens (tertiary/aromatic N) is 3. The molecule has 0 bridgehead atoms. The van der Waals surface area contributed by atoms with Crippen molar-refractivity contribution in [2.75, 3.05) is 7.05 Å². The van der Waals surface area contributed by atoms with Crippen molar-refractivity contribution in [1.29, 1.82) is 0 Å². The van der Waals surface area contributed by atoms with Crippen LogP contribution in [0.3, 0.4) is 0 Å². The fourth-order valence-electron chi connectivity index (χ4n) is 2.25. The van der Waals surface area contributed by atoms with Crippen LogP contribution in [0.1, 0.15) is 21.8 Å². The molecule has 1 heterocycles. The molecule has 1 aromatic heterocycles. The van der Waals surface area contributed by atoms with Crippen LogP contribution in [0.15, 0.2) is 53.1 Å². The fourth-order valence-corrected chi connectivity index (χ4v) is 2.87. The van der Waals surface area contributed by atoms with Crippen LogP contribution in [0, 0.1) is 10.5 Å². The average Bonchev–Trinajstić information content (AvgIpc) is 3.04. The zero-order valence-electron chi connectivity index (χ0n) is 13.4. The molecule has 24 heavy (non-hydrogen) atoms. The molecular formula is C18H16IN3O2. The van der Waals surface area contributed by atoms with E-state index in [0.29, 0.717) is 17.3 Å². The Morgan fingerprint density at radius 1 is 1.17 bits per heavy atom. The summed E-state index contributed by atoms with van der Waals surface area (Å²) in [6, 6.07) is 15.4. The second-order valence-electron chi connectivity index (χ2n) is 5.52. The molecule has 3 aromatic rings. The molecule has 6 heteroatoms. The molecule has 0 N–H and O–H groups in total. The molecule has 122 valence electrons. The van der Waals surface area contributed by atoms with E-state index in [1.807, 2.05) is 55.5 Å². The number of benzene rings is 2. The van der Waals surface area contributed by atoms with E-state index < -0.39 is 0 Å². The summed E-state index contributed by atoms with van der Waals surface area (Å²) in [5.41, 5.74) is 2.73. The zero-order chi connectivity index (χ0) is 17.1. The van der Waals surface area contributed by atoms with E-state index in [1.165, 1.54) is 5.56 Å². The lowest BCUT2D eigenvalue weighted by Gasteiger charge is -2.15. The van der Waals surface area contributed by atoms with E-state index in [0.717, 1.165) is 9.13 Å². The standard InChI is InChI=1S/C18H16IN3O2/c1-12-7-9-13(10-8-12)17-20-16(24-21-17)11-22(2)18(23)14-5-3-4-6-15(14)19/h3-10H,11H2,1-2H3. The SMILES string of the molecule is Cc1ccc(-c2noc(CN(C)C(=O)c3ccccc3I)n2)cc1. The van der Waals surface area contributed by atoms with Gasteiger partial charge in [-0.25, -0.2) is 0 Å². The van der Waals surface area contributed by atoms with Crippen molar-refractivity contribution < 1.29 is 9.32 Å². The molecule has 0 unspecified atom stereocenters. The van der Waals surface area contributed by atoms with Gasteiger partial charge in [0.05, 0.1) is 12.1 Å². The molecule has 0 atom stereocenters. The number of hydrogen-bond acceptors (Lipinski definition) is 4. The van der Waals surface area contributed by atoms with Crippen molar-refractivity contribution in [2.24, 2.45) is 0 Å². The number of hydrogen-bond donors (Lipinski definition) is 0. The highest BCUT2D eigenvalue weighted by Gasteiger charge is 2.17. The number of aromatic nitrogens is 2. The van der Waals surface area contributed by atoms with Crippen molar-refractivity contribution in [3.05, 3.63) is 69.1 Å². The van der Waals surface area contributed by atoms with Gasteiger partial charge in [-0.3, -0.25) is 4.79 Å². The molecule has 5 nitrogen and oxygen atoms in total. The first kappa shape index (κ1) is 16.6. The molecule has 2 aromatic carbocycles. The average molecular weight is 433 g/mol. The van der Waals surface area contributed by atoms with Gasteiger partial charge in [0.1, 0.15) is 0 Å². The van der Waals surface area contributed by atoms with Gasteiger partial charge in [0.25, 0.3) is 5.91 Å². The van der Waals surface area contributed by atoms with Crippen LogP contribution in [-0.2, 0) is 6.54 Å². The van der Waals surface area contributed by atoms with Gasteiger partial charge in [-0.15, -0.1) is 0 Å². The second-order valence-corrected chi connectivity index (χ2v) is 6.68. The molecule has 0 saturated heterocycles. The molecule has 0 fully saturated rings. The van der Waals surface area contributed by atoms with E-state index in [4.69, 9.17) is 4.52 Å². The summed E-state index contributed by atoms with van der Waals surface area (Å²) in [6.07, 6.45) is 0. The van der Waals surface area contributed by atoms with E-state index >= 15 is 0 Å². The predicted octanol–water partition coefficient (Wildman–Crippen LogP) is 3.92. The van der Waals surface area contributed by atoms with Crippen molar-refractivity contribution in [3.63, 3.8) is 0 Å². The Morgan fingerprint density at radius 2 is 1.88 bits per heavy atom. The van der Waals surface area contributed by atoms with Crippen molar-refractivity contribution in [1.82, 2.24) is 15.0 Å². The van der Waals surface area contributed by atoms with Crippen molar-refractivity contribution in [2.45, 2.75) is 13.5 Å². The van der Waals surface area contributed by atoms with Gasteiger partial charge in [-0.2, -0.15) is 4.98 Å². The highest BCUT2D eigenvalue weighted by Crippen LogP contribution is 2.18. The summed E-state index contributed by atoms with van der Waals surface area (Å²) < 4.78 is 6.19. The molecule has 0 saturated carbocycles. The minimum absolute atomic E-state index is 0.0740. The van der Waals surface area contributed by atoms with Crippen LogP contribution in [0.5, 0.6) is 0 Å². The first-order valence-corrected chi connectivity index (χ1v) is 8.52. The summed E-state index contributed by atoms with van der Waals surface area (Å²) in [7, 11) is 1.72.